The molecule has 0 bridgehead atoms. The van der Waals surface area contributed by atoms with Crippen molar-refractivity contribution < 1.29 is 10.0 Å². The lowest BCUT2D eigenvalue weighted by Crippen LogP contribution is -1.95. The summed E-state index contributed by atoms with van der Waals surface area (Å²) in [5.41, 5.74) is 1.76. The van der Waals surface area contributed by atoms with E-state index in [9.17, 15) is 0 Å². The third-order valence-corrected chi connectivity index (χ3v) is 1.04. The normalized spacial score (nSPS) is 10.0. The predicted molar refractivity (Wildman–Crippen MR) is 49.3 cm³/mol. The van der Waals surface area contributed by atoms with Gasteiger partial charge in [0.15, 0.2) is 0 Å². The van der Waals surface area contributed by atoms with Crippen LogP contribution in [0.4, 0.5) is 5.95 Å². The molecular weight excluding hydrogens is 219 g/mol. The van der Waals surface area contributed by atoms with Crippen molar-refractivity contribution in [3.8, 4) is 0 Å². The highest BCUT2D eigenvalue weighted by atomic mass is 35.5. The van der Waals surface area contributed by atoms with Gasteiger partial charge in [0.25, 0.3) is 0 Å². The second-order valence-corrected chi connectivity index (χ2v) is 2.02. The Labute approximate surface area is 85.0 Å². The zero-order valence-corrected chi connectivity index (χ0v) is 7.79. The van der Waals surface area contributed by atoms with Gasteiger partial charge in [0, 0.05) is 6.20 Å². The van der Waals surface area contributed by atoms with Gasteiger partial charge in [-0.25, -0.2) is 10.5 Å². The van der Waals surface area contributed by atoms with Crippen molar-refractivity contribution in [3.63, 3.8) is 0 Å². The average molecular weight is 225 g/mol. The van der Waals surface area contributed by atoms with E-state index in [1.165, 1.54) is 18.7 Å². The van der Waals surface area contributed by atoms with Crippen molar-refractivity contribution in [2.24, 2.45) is 5.16 Å². The van der Waals surface area contributed by atoms with Crippen molar-refractivity contribution in [1.82, 2.24) is 9.97 Å². The van der Waals surface area contributed by atoms with Gasteiger partial charge in [-0.2, -0.15) is 4.98 Å². The molecule has 2 N–H and O–H groups in total. The molecule has 1 aliphatic rings. The molecule has 0 fully saturated rings. The summed E-state index contributed by atoms with van der Waals surface area (Å²) >= 11 is 5.42. The van der Waals surface area contributed by atoms with E-state index >= 15 is 0 Å². The molecule has 0 atom stereocenters. The van der Waals surface area contributed by atoms with E-state index in [1.54, 1.807) is 5.48 Å². The molecule has 8 heteroatoms. The number of nitrogens with zero attached hydrogens (tertiary/aromatic N) is 3. The molecule has 0 radical (unpaired) electrons. The molecule has 2 rings (SSSR count). The summed E-state index contributed by atoms with van der Waals surface area (Å²) in [7, 11) is 0. The number of nitrogens with one attached hydrogen (secondary N) is 1. The van der Waals surface area contributed by atoms with Gasteiger partial charge >= 0.3 is 0 Å². The molecule has 0 unspecified atom stereocenters. The fourth-order valence-corrected chi connectivity index (χ4v) is 0.527. The van der Waals surface area contributed by atoms with Crippen molar-refractivity contribution in [2.45, 2.75) is 0 Å². The van der Waals surface area contributed by atoms with Crippen molar-refractivity contribution in [2.75, 3.05) is 5.48 Å². The highest BCUT2D eigenvalue weighted by Gasteiger charge is 1.91. The number of anilines is 1. The van der Waals surface area contributed by atoms with Gasteiger partial charge in [0.05, 0.1) is 0 Å². The standard InChI is InChI=1S/C4H4ClN3O.CHNO.ClH/c5-3-1-2-6-4(7-3)8-9;1-2-3-1;/h1-2,9H,(H,6,7,8);1H;1H. The van der Waals surface area contributed by atoms with Gasteiger partial charge in [-0.1, -0.05) is 11.6 Å². The lowest BCUT2D eigenvalue weighted by atomic mass is 10.7. The lowest BCUT2D eigenvalue weighted by Gasteiger charge is -1.93. The second kappa shape index (κ2) is 6.41. The fraction of sp³-hybridized carbons (Fsp3) is 0. The number of halogens is 2. The molecule has 1 aromatic heterocycles. The summed E-state index contributed by atoms with van der Waals surface area (Å²) in [6.07, 6.45) is 2.81. The van der Waals surface area contributed by atoms with Crippen molar-refractivity contribution in [1.29, 1.82) is 0 Å². The zero-order chi connectivity index (χ0) is 8.81. The van der Waals surface area contributed by atoms with Crippen LogP contribution in [0.2, 0.25) is 5.15 Å². The smallest absolute Gasteiger partial charge is 0.249 e. The number of oxime groups is 1. The van der Waals surface area contributed by atoms with Gasteiger partial charge in [-0.3, -0.25) is 5.21 Å². The van der Waals surface area contributed by atoms with Crippen molar-refractivity contribution in [3.05, 3.63) is 17.4 Å². The quantitative estimate of drug-likeness (QED) is 0.556. The van der Waals surface area contributed by atoms with Crippen LogP contribution in [0, 0.1) is 0 Å². The summed E-state index contributed by atoms with van der Waals surface area (Å²) in [6, 6.07) is 1.52. The van der Waals surface area contributed by atoms with Crippen LogP contribution in [-0.4, -0.2) is 21.6 Å². The minimum Gasteiger partial charge on any atom is -0.338 e. The second-order valence-electron chi connectivity index (χ2n) is 1.63. The van der Waals surface area contributed by atoms with E-state index in [0.717, 1.165) is 0 Å². The van der Waals surface area contributed by atoms with E-state index in [1.807, 2.05) is 0 Å². The van der Waals surface area contributed by atoms with Gasteiger partial charge in [-0.15, -0.1) is 12.4 Å². The number of rotatable bonds is 1. The maximum absolute atomic E-state index is 8.23. The van der Waals surface area contributed by atoms with Crippen LogP contribution < -0.4 is 5.48 Å². The monoisotopic (exact) mass is 224 g/mol. The molecule has 0 saturated carbocycles. The minimum absolute atomic E-state index is 0. The number of hydrogen-bond donors (Lipinski definition) is 2. The first-order chi connectivity index (χ1) is 5.83. The Morgan fingerprint density at radius 3 is 2.46 bits per heavy atom. The topological polar surface area (TPSA) is 82.9 Å². The van der Waals surface area contributed by atoms with E-state index in [-0.39, 0.29) is 18.4 Å². The fourth-order valence-electron chi connectivity index (χ4n) is 0.391. The third-order valence-electron chi connectivity index (χ3n) is 0.827. The summed E-state index contributed by atoms with van der Waals surface area (Å²) < 4.78 is 0. The number of hydrogen-bond acceptors (Lipinski definition) is 6. The van der Waals surface area contributed by atoms with Crippen LogP contribution in [0.15, 0.2) is 17.4 Å². The maximum atomic E-state index is 8.23. The Morgan fingerprint density at radius 2 is 2.15 bits per heavy atom. The summed E-state index contributed by atoms with van der Waals surface area (Å²) in [6.45, 7) is 0. The van der Waals surface area contributed by atoms with Crippen LogP contribution in [0.25, 0.3) is 0 Å². The first-order valence-electron chi connectivity index (χ1n) is 2.89. The average Bonchev–Trinajstić information content (AvgIpc) is 2.90. The van der Waals surface area contributed by atoms with E-state index in [0.29, 0.717) is 5.15 Å². The molecule has 72 valence electrons. The molecule has 0 spiro atoms. The van der Waals surface area contributed by atoms with Gasteiger partial charge < -0.3 is 4.84 Å². The third kappa shape index (κ3) is 6.09. The molecule has 0 aromatic carbocycles. The predicted octanol–water partition coefficient (Wildman–Crippen LogP) is 1.31. The first-order valence-corrected chi connectivity index (χ1v) is 3.27. The van der Waals surface area contributed by atoms with Crippen LogP contribution in [0.3, 0.4) is 0 Å². The Kier molecular flexibility index (Phi) is 5.86. The Bertz CT molecular complexity index is 279. The Morgan fingerprint density at radius 1 is 1.54 bits per heavy atom. The molecule has 0 saturated heterocycles. The van der Waals surface area contributed by atoms with Crippen molar-refractivity contribution >= 4 is 36.4 Å². The van der Waals surface area contributed by atoms with E-state index in [2.05, 4.69) is 20.0 Å². The molecule has 6 nitrogen and oxygen atoms in total. The largest absolute Gasteiger partial charge is 0.338 e. The van der Waals surface area contributed by atoms with Crippen LogP contribution >= 0.6 is 24.0 Å². The minimum atomic E-state index is 0. The Hall–Kier alpha value is -1.11. The van der Waals surface area contributed by atoms with E-state index in [4.69, 9.17) is 16.8 Å². The molecule has 1 aliphatic heterocycles. The SMILES string of the molecule is C1=NO1.Cl.ONc1nccc(Cl)n1. The van der Waals surface area contributed by atoms with Crippen LogP contribution in [0.5, 0.6) is 0 Å². The van der Waals surface area contributed by atoms with Crippen LogP contribution in [-0.2, 0) is 4.84 Å². The summed E-state index contributed by atoms with van der Waals surface area (Å²) in [5.74, 6) is 0.0995. The summed E-state index contributed by atoms with van der Waals surface area (Å²) in [5, 5.41) is 11.6. The molecule has 0 amide bonds. The highest BCUT2D eigenvalue weighted by Crippen LogP contribution is 2.03. The zero-order valence-electron chi connectivity index (χ0n) is 6.22. The molecule has 2 heterocycles. The molecule has 13 heavy (non-hydrogen) atoms. The van der Waals surface area contributed by atoms with E-state index < -0.39 is 0 Å². The Balaban J connectivity index is 0.000000306. The highest BCUT2D eigenvalue weighted by molar-refractivity contribution is 6.29. The van der Waals surface area contributed by atoms with Crippen LogP contribution in [0.1, 0.15) is 0 Å². The first kappa shape index (κ1) is 11.9. The molecular formula is C5H6Cl2N4O2. The van der Waals surface area contributed by atoms with Gasteiger partial charge in [-0.05, 0) is 11.2 Å². The van der Waals surface area contributed by atoms with Gasteiger partial charge in [0.1, 0.15) is 5.15 Å². The lowest BCUT2D eigenvalue weighted by molar-refractivity contribution is 0.382. The maximum Gasteiger partial charge on any atom is 0.249 e. The molecule has 0 aliphatic carbocycles. The van der Waals surface area contributed by atoms with Gasteiger partial charge in [0.2, 0.25) is 12.3 Å². The molecule has 1 aromatic rings. The number of aromatic nitrogens is 2. The summed E-state index contributed by atoms with van der Waals surface area (Å²) in [4.78, 5) is 11.2.